The van der Waals surface area contributed by atoms with Gasteiger partial charge in [-0.3, -0.25) is 4.79 Å². The molecule has 1 saturated carbocycles. The van der Waals surface area contributed by atoms with Crippen molar-refractivity contribution < 1.29 is 37.7 Å². The minimum Gasteiger partial charge on any atom is -0.491 e. The van der Waals surface area contributed by atoms with Crippen LogP contribution in [0.2, 0.25) is 0 Å². The highest BCUT2D eigenvalue weighted by Gasteiger charge is 2.32. The van der Waals surface area contributed by atoms with E-state index in [1.54, 1.807) is 6.08 Å². The van der Waals surface area contributed by atoms with Gasteiger partial charge < -0.3 is 19.7 Å². The van der Waals surface area contributed by atoms with Crippen LogP contribution >= 0.6 is 0 Å². The van der Waals surface area contributed by atoms with E-state index >= 15 is 0 Å². The molecule has 0 saturated heterocycles. The SMILES string of the molecule is CC(C)OC(=O)CCC/C=C\C[C@H]1[C@@H](O)CC[C@@H]1/C=C/[C@@H](O)COc1cccc(C(F)(F)F)c1. The molecule has 0 bridgehead atoms. The molecule has 34 heavy (non-hydrogen) atoms. The third-order valence-corrected chi connectivity index (χ3v) is 5.70. The van der Waals surface area contributed by atoms with Crippen LogP contribution in [0.1, 0.15) is 57.9 Å². The van der Waals surface area contributed by atoms with Crippen molar-refractivity contribution in [2.75, 3.05) is 6.61 Å². The Bertz CT molecular complexity index is 819. The van der Waals surface area contributed by atoms with Gasteiger partial charge in [-0.2, -0.15) is 13.2 Å². The number of benzene rings is 1. The van der Waals surface area contributed by atoms with Crippen molar-refractivity contribution in [1.82, 2.24) is 0 Å². The zero-order chi connectivity index (χ0) is 25.1. The van der Waals surface area contributed by atoms with Crippen LogP contribution in [-0.2, 0) is 15.7 Å². The topological polar surface area (TPSA) is 76.0 Å². The molecule has 1 aromatic carbocycles. The van der Waals surface area contributed by atoms with E-state index in [-0.39, 0.29) is 36.3 Å². The third-order valence-electron chi connectivity index (χ3n) is 5.70. The van der Waals surface area contributed by atoms with Crippen LogP contribution in [0.15, 0.2) is 48.6 Å². The number of allylic oxidation sites excluding steroid dienone is 3. The van der Waals surface area contributed by atoms with Crippen molar-refractivity contribution in [2.24, 2.45) is 11.8 Å². The van der Waals surface area contributed by atoms with E-state index in [0.717, 1.165) is 25.0 Å². The lowest BCUT2D eigenvalue weighted by Gasteiger charge is -2.18. The summed E-state index contributed by atoms with van der Waals surface area (Å²) in [6.07, 6.45) is 5.46. The highest BCUT2D eigenvalue weighted by molar-refractivity contribution is 5.69. The minimum absolute atomic E-state index is 0.0231. The Morgan fingerprint density at radius 1 is 1.24 bits per heavy atom. The molecule has 0 aromatic heterocycles. The number of rotatable bonds is 12. The molecule has 1 fully saturated rings. The van der Waals surface area contributed by atoms with Crippen molar-refractivity contribution in [3.05, 3.63) is 54.1 Å². The first kappa shape index (κ1) is 27.9. The van der Waals surface area contributed by atoms with Crippen LogP contribution in [0.4, 0.5) is 13.2 Å². The summed E-state index contributed by atoms with van der Waals surface area (Å²) in [6.45, 7) is 3.47. The average molecular weight is 485 g/mol. The Hall–Kier alpha value is -2.32. The molecule has 2 N–H and O–H groups in total. The maximum absolute atomic E-state index is 12.8. The van der Waals surface area contributed by atoms with Gasteiger partial charge in [0.2, 0.25) is 0 Å². The first-order valence-corrected chi connectivity index (χ1v) is 11.7. The van der Waals surface area contributed by atoms with E-state index in [4.69, 9.17) is 9.47 Å². The van der Waals surface area contributed by atoms with Gasteiger partial charge in [-0.15, -0.1) is 0 Å². The highest BCUT2D eigenvalue weighted by Crippen LogP contribution is 2.36. The number of unbranched alkanes of at least 4 members (excludes halogenated alkanes) is 1. The Morgan fingerprint density at radius 3 is 2.71 bits per heavy atom. The van der Waals surface area contributed by atoms with Gasteiger partial charge in [0.1, 0.15) is 18.5 Å². The standard InChI is InChI=1S/C26H35F3O5/c1-18(2)34-25(32)11-6-4-3-5-10-23-19(13-15-24(23)31)12-14-21(30)17-33-22-9-7-8-20(16-22)26(27,28)29/h3,5,7-9,12,14,16,18-19,21,23-24,30-31H,4,6,10-11,13,15,17H2,1-2H3/b5-3-,14-12+/t19-,21+,23+,24-/m0/s1. The van der Waals surface area contributed by atoms with Crippen molar-refractivity contribution in [3.63, 3.8) is 0 Å². The molecule has 8 heteroatoms. The summed E-state index contributed by atoms with van der Waals surface area (Å²) < 4.78 is 48.8. The quantitative estimate of drug-likeness (QED) is 0.234. The average Bonchev–Trinajstić information content (AvgIpc) is 3.11. The van der Waals surface area contributed by atoms with Gasteiger partial charge in [-0.1, -0.05) is 30.4 Å². The zero-order valence-corrected chi connectivity index (χ0v) is 19.7. The number of carbonyl (C=O) groups excluding carboxylic acids is 1. The minimum atomic E-state index is -4.45. The van der Waals surface area contributed by atoms with Crippen LogP contribution in [0, 0.1) is 11.8 Å². The Kier molecular flexibility index (Phi) is 11.1. The van der Waals surface area contributed by atoms with Gasteiger partial charge >= 0.3 is 12.1 Å². The monoisotopic (exact) mass is 484 g/mol. The molecule has 2 rings (SSSR count). The number of aliphatic hydroxyl groups excluding tert-OH is 2. The fourth-order valence-electron chi connectivity index (χ4n) is 3.98. The van der Waals surface area contributed by atoms with Gasteiger partial charge in [-0.25, -0.2) is 0 Å². The fourth-order valence-corrected chi connectivity index (χ4v) is 3.98. The molecular formula is C26H35F3O5. The van der Waals surface area contributed by atoms with E-state index < -0.39 is 23.9 Å². The highest BCUT2D eigenvalue weighted by atomic mass is 19.4. The summed E-state index contributed by atoms with van der Waals surface area (Å²) in [7, 11) is 0. The molecule has 0 amide bonds. The van der Waals surface area contributed by atoms with Gasteiger partial charge in [0.15, 0.2) is 0 Å². The Balaban J connectivity index is 1.77. The lowest BCUT2D eigenvalue weighted by atomic mass is 9.90. The molecule has 0 heterocycles. The first-order valence-electron chi connectivity index (χ1n) is 11.7. The van der Waals surface area contributed by atoms with Crippen molar-refractivity contribution in [1.29, 1.82) is 0 Å². The van der Waals surface area contributed by atoms with E-state index in [1.165, 1.54) is 12.1 Å². The number of hydrogen-bond donors (Lipinski definition) is 2. The predicted octanol–water partition coefficient (Wildman–Crippen LogP) is 5.46. The molecule has 0 radical (unpaired) electrons. The lowest BCUT2D eigenvalue weighted by Crippen LogP contribution is -2.19. The van der Waals surface area contributed by atoms with E-state index in [1.807, 2.05) is 32.1 Å². The lowest BCUT2D eigenvalue weighted by molar-refractivity contribution is -0.147. The Morgan fingerprint density at radius 2 is 2.00 bits per heavy atom. The normalized spacial score (nSPS) is 22.1. The van der Waals surface area contributed by atoms with Gasteiger partial charge in [-0.05, 0) is 76.0 Å². The van der Waals surface area contributed by atoms with E-state index in [2.05, 4.69) is 0 Å². The largest absolute Gasteiger partial charge is 0.491 e. The summed E-state index contributed by atoms with van der Waals surface area (Å²) >= 11 is 0. The second-order valence-corrected chi connectivity index (χ2v) is 8.90. The maximum Gasteiger partial charge on any atom is 0.416 e. The number of carbonyl (C=O) groups is 1. The zero-order valence-electron chi connectivity index (χ0n) is 19.7. The summed E-state index contributed by atoms with van der Waals surface area (Å²) in [5.41, 5.74) is -0.804. The number of ether oxygens (including phenoxy) is 2. The number of aliphatic hydroxyl groups is 2. The van der Waals surface area contributed by atoms with E-state index in [0.29, 0.717) is 25.7 Å². The number of hydrogen-bond acceptors (Lipinski definition) is 5. The molecule has 190 valence electrons. The smallest absolute Gasteiger partial charge is 0.416 e. The van der Waals surface area contributed by atoms with Crippen molar-refractivity contribution in [3.8, 4) is 5.75 Å². The number of alkyl halides is 3. The first-order chi connectivity index (χ1) is 16.1. The maximum atomic E-state index is 12.8. The second-order valence-electron chi connectivity index (χ2n) is 8.90. The van der Waals surface area contributed by atoms with Crippen molar-refractivity contribution >= 4 is 5.97 Å². The third kappa shape index (κ3) is 9.89. The summed E-state index contributed by atoms with van der Waals surface area (Å²) in [5, 5.41) is 20.5. The molecule has 0 aliphatic heterocycles. The molecule has 0 unspecified atom stereocenters. The number of halogens is 3. The van der Waals surface area contributed by atoms with Crippen LogP contribution in [-0.4, -0.2) is 41.1 Å². The van der Waals surface area contributed by atoms with Gasteiger partial charge in [0.05, 0.1) is 17.8 Å². The predicted molar refractivity (Wildman–Crippen MR) is 123 cm³/mol. The van der Waals surface area contributed by atoms with Crippen LogP contribution in [0.5, 0.6) is 5.75 Å². The van der Waals surface area contributed by atoms with Crippen LogP contribution in [0.3, 0.4) is 0 Å². The summed E-state index contributed by atoms with van der Waals surface area (Å²) in [4.78, 5) is 11.5. The number of esters is 1. The molecule has 1 aromatic rings. The molecular weight excluding hydrogens is 449 g/mol. The fraction of sp³-hybridized carbons (Fsp3) is 0.577. The van der Waals surface area contributed by atoms with Gasteiger partial charge in [0.25, 0.3) is 0 Å². The van der Waals surface area contributed by atoms with Crippen LogP contribution in [0.25, 0.3) is 0 Å². The van der Waals surface area contributed by atoms with Crippen molar-refractivity contribution in [2.45, 2.75) is 76.9 Å². The van der Waals surface area contributed by atoms with Crippen LogP contribution < -0.4 is 4.74 Å². The molecule has 5 nitrogen and oxygen atoms in total. The Labute approximate surface area is 199 Å². The van der Waals surface area contributed by atoms with Gasteiger partial charge in [0, 0.05) is 6.42 Å². The molecule has 1 aliphatic rings. The summed E-state index contributed by atoms with van der Waals surface area (Å²) in [6, 6.07) is 4.54. The molecule has 1 aliphatic carbocycles. The van der Waals surface area contributed by atoms with E-state index in [9.17, 15) is 28.2 Å². The summed E-state index contributed by atoms with van der Waals surface area (Å²) in [5.74, 6) is -0.0478. The second kappa shape index (κ2) is 13.5. The molecule has 4 atom stereocenters. The molecule has 0 spiro atoms.